The summed E-state index contributed by atoms with van der Waals surface area (Å²) in [6.07, 6.45) is 2.36. The molecular formula is C19H19F2NO4S. The van der Waals surface area contributed by atoms with Crippen molar-refractivity contribution in [3.63, 3.8) is 0 Å². The Morgan fingerprint density at radius 1 is 1.11 bits per heavy atom. The molecular weight excluding hydrogens is 376 g/mol. The third-order valence-electron chi connectivity index (χ3n) is 3.55. The van der Waals surface area contributed by atoms with Gasteiger partial charge in [-0.05, 0) is 42.5 Å². The molecule has 2 rings (SSSR count). The standard InChI is InChI=1S/C19H19F2NO4S/c1-27-16-5-3-2-4-15(16)18(24)25-12-17(23)22-11-10-13-6-8-14(9-7-13)26-19(20)21/h2-9,19H,10-12H2,1H3,(H,22,23). The molecule has 0 saturated heterocycles. The highest BCUT2D eigenvalue weighted by Gasteiger charge is 2.13. The Kier molecular flexibility index (Phi) is 8.06. The first-order valence-electron chi connectivity index (χ1n) is 8.10. The van der Waals surface area contributed by atoms with Crippen molar-refractivity contribution in [3.8, 4) is 5.75 Å². The number of carbonyl (C=O) groups excluding carboxylic acids is 2. The van der Waals surface area contributed by atoms with E-state index in [0.29, 0.717) is 18.5 Å². The zero-order chi connectivity index (χ0) is 19.6. The molecule has 0 aliphatic rings. The summed E-state index contributed by atoms with van der Waals surface area (Å²) in [5, 5.41) is 2.64. The molecule has 8 heteroatoms. The molecule has 0 radical (unpaired) electrons. The second-order valence-electron chi connectivity index (χ2n) is 5.40. The summed E-state index contributed by atoms with van der Waals surface area (Å²) in [6.45, 7) is -2.91. The van der Waals surface area contributed by atoms with Crippen molar-refractivity contribution in [1.29, 1.82) is 0 Å². The van der Waals surface area contributed by atoms with Crippen molar-refractivity contribution in [1.82, 2.24) is 5.32 Å². The lowest BCUT2D eigenvalue weighted by atomic mass is 10.1. The quantitative estimate of drug-likeness (QED) is 0.520. The molecule has 0 spiro atoms. The Morgan fingerprint density at radius 3 is 2.48 bits per heavy atom. The van der Waals surface area contributed by atoms with Crippen LogP contribution in [-0.4, -0.2) is 37.9 Å². The topological polar surface area (TPSA) is 64.6 Å². The van der Waals surface area contributed by atoms with Crippen molar-refractivity contribution in [2.75, 3.05) is 19.4 Å². The Morgan fingerprint density at radius 2 is 1.81 bits per heavy atom. The maximum absolute atomic E-state index is 12.1. The Labute approximate surface area is 160 Å². The monoisotopic (exact) mass is 395 g/mol. The van der Waals surface area contributed by atoms with E-state index in [1.165, 1.54) is 23.9 Å². The SMILES string of the molecule is CSc1ccccc1C(=O)OCC(=O)NCCc1ccc(OC(F)F)cc1. The molecule has 0 heterocycles. The second kappa shape index (κ2) is 10.5. The highest BCUT2D eigenvalue weighted by Crippen LogP contribution is 2.20. The first-order chi connectivity index (χ1) is 13.0. The lowest BCUT2D eigenvalue weighted by molar-refractivity contribution is -0.124. The number of rotatable bonds is 9. The van der Waals surface area contributed by atoms with Crippen LogP contribution < -0.4 is 10.1 Å². The number of ether oxygens (including phenoxy) is 2. The normalized spacial score (nSPS) is 10.5. The molecule has 144 valence electrons. The minimum atomic E-state index is -2.86. The molecule has 0 unspecified atom stereocenters. The number of thioether (sulfide) groups is 1. The van der Waals surface area contributed by atoms with Gasteiger partial charge < -0.3 is 14.8 Å². The minimum absolute atomic E-state index is 0.0789. The third kappa shape index (κ3) is 6.90. The number of hydrogen-bond acceptors (Lipinski definition) is 5. The fourth-order valence-corrected chi connectivity index (χ4v) is 2.84. The number of esters is 1. The number of carbonyl (C=O) groups is 2. The molecule has 0 aliphatic carbocycles. The summed E-state index contributed by atoms with van der Waals surface area (Å²) in [5.41, 5.74) is 1.27. The van der Waals surface area contributed by atoms with Gasteiger partial charge in [0.2, 0.25) is 0 Å². The Hall–Kier alpha value is -2.61. The predicted molar refractivity (Wildman–Crippen MR) is 98.3 cm³/mol. The molecule has 0 saturated carbocycles. The van der Waals surface area contributed by atoms with Crippen molar-refractivity contribution >= 4 is 23.6 Å². The average molecular weight is 395 g/mol. The third-order valence-corrected chi connectivity index (χ3v) is 4.34. The maximum atomic E-state index is 12.1. The first-order valence-corrected chi connectivity index (χ1v) is 9.32. The number of halogens is 2. The van der Waals surface area contributed by atoms with E-state index in [1.54, 1.807) is 30.3 Å². The van der Waals surface area contributed by atoms with Gasteiger partial charge in [0.15, 0.2) is 6.61 Å². The number of nitrogens with one attached hydrogen (secondary N) is 1. The van der Waals surface area contributed by atoms with Crippen molar-refractivity contribution in [2.24, 2.45) is 0 Å². The van der Waals surface area contributed by atoms with E-state index < -0.39 is 18.5 Å². The van der Waals surface area contributed by atoms with Crippen LogP contribution in [0.2, 0.25) is 0 Å². The van der Waals surface area contributed by atoms with Gasteiger partial charge in [-0.3, -0.25) is 4.79 Å². The van der Waals surface area contributed by atoms with Crippen LogP contribution in [0.3, 0.4) is 0 Å². The summed E-state index contributed by atoms with van der Waals surface area (Å²) >= 11 is 1.42. The number of benzene rings is 2. The van der Waals surface area contributed by atoms with E-state index in [4.69, 9.17) is 4.74 Å². The summed E-state index contributed by atoms with van der Waals surface area (Å²) < 4.78 is 33.5. The Bertz CT molecular complexity index is 769. The van der Waals surface area contributed by atoms with Crippen LogP contribution >= 0.6 is 11.8 Å². The molecule has 0 aliphatic heterocycles. The second-order valence-corrected chi connectivity index (χ2v) is 6.25. The molecule has 0 fully saturated rings. The molecule has 0 aromatic heterocycles. The fraction of sp³-hybridized carbons (Fsp3) is 0.263. The largest absolute Gasteiger partial charge is 0.452 e. The van der Waals surface area contributed by atoms with Crippen LogP contribution in [0, 0.1) is 0 Å². The van der Waals surface area contributed by atoms with Gasteiger partial charge in [-0.15, -0.1) is 11.8 Å². The van der Waals surface area contributed by atoms with E-state index in [0.717, 1.165) is 10.5 Å². The predicted octanol–water partition coefficient (Wildman–Crippen LogP) is 3.53. The fourth-order valence-electron chi connectivity index (χ4n) is 2.26. The molecule has 1 amide bonds. The summed E-state index contributed by atoms with van der Waals surface area (Å²) in [6, 6.07) is 13.2. The van der Waals surface area contributed by atoms with Crippen LogP contribution in [0.15, 0.2) is 53.4 Å². The van der Waals surface area contributed by atoms with E-state index in [1.807, 2.05) is 12.3 Å². The number of amides is 1. The zero-order valence-corrected chi connectivity index (χ0v) is 15.4. The average Bonchev–Trinajstić information content (AvgIpc) is 2.67. The van der Waals surface area contributed by atoms with Crippen LogP contribution in [0.4, 0.5) is 8.78 Å². The summed E-state index contributed by atoms with van der Waals surface area (Å²) in [7, 11) is 0. The summed E-state index contributed by atoms with van der Waals surface area (Å²) in [5.74, 6) is -0.887. The van der Waals surface area contributed by atoms with Crippen LogP contribution in [-0.2, 0) is 16.0 Å². The van der Waals surface area contributed by atoms with Crippen LogP contribution in [0.25, 0.3) is 0 Å². The van der Waals surface area contributed by atoms with Gasteiger partial charge >= 0.3 is 12.6 Å². The lowest BCUT2D eigenvalue weighted by Crippen LogP contribution is -2.30. The smallest absolute Gasteiger partial charge is 0.387 e. The minimum Gasteiger partial charge on any atom is -0.452 e. The molecule has 1 N–H and O–H groups in total. The van der Waals surface area contributed by atoms with Gasteiger partial charge in [0, 0.05) is 11.4 Å². The van der Waals surface area contributed by atoms with E-state index >= 15 is 0 Å². The molecule has 0 atom stereocenters. The van der Waals surface area contributed by atoms with E-state index in [-0.39, 0.29) is 12.4 Å². The van der Waals surface area contributed by atoms with Crippen LogP contribution in [0.5, 0.6) is 5.75 Å². The van der Waals surface area contributed by atoms with Crippen molar-refractivity contribution in [3.05, 3.63) is 59.7 Å². The number of alkyl halides is 2. The highest BCUT2D eigenvalue weighted by molar-refractivity contribution is 7.98. The molecule has 0 bridgehead atoms. The van der Waals surface area contributed by atoms with Gasteiger partial charge in [-0.25, -0.2) is 4.79 Å². The maximum Gasteiger partial charge on any atom is 0.387 e. The Balaban J connectivity index is 1.72. The van der Waals surface area contributed by atoms with Gasteiger partial charge in [0.25, 0.3) is 5.91 Å². The highest BCUT2D eigenvalue weighted by atomic mass is 32.2. The molecule has 5 nitrogen and oxygen atoms in total. The zero-order valence-electron chi connectivity index (χ0n) is 14.6. The molecule has 2 aromatic rings. The number of hydrogen-bond donors (Lipinski definition) is 1. The van der Waals surface area contributed by atoms with Crippen molar-refractivity contribution < 1.29 is 27.8 Å². The van der Waals surface area contributed by atoms with Gasteiger partial charge in [-0.2, -0.15) is 8.78 Å². The van der Waals surface area contributed by atoms with Gasteiger partial charge in [0.05, 0.1) is 5.56 Å². The van der Waals surface area contributed by atoms with Gasteiger partial charge in [-0.1, -0.05) is 24.3 Å². The van der Waals surface area contributed by atoms with Crippen molar-refractivity contribution in [2.45, 2.75) is 17.9 Å². The lowest BCUT2D eigenvalue weighted by Gasteiger charge is -2.09. The van der Waals surface area contributed by atoms with Gasteiger partial charge in [0.1, 0.15) is 5.75 Å². The molecule has 27 heavy (non-hydrogen) atoms. The van der Waals surface area contributed by atoms with Crippen LogP contribution in [0.1, 0.15) is 15.9 Å². The molecule has 2 aromatic carbocycles. The van der Waals surface area contributed by atoms with E-state index in [2.05, 4.69) is 10.1 Å². The first kappa shape index (κ1) is 20.7. The summed E-state index contributed by atoms with van der Waals surface area (Å²) in [4.78, 5) is 24.6. The van der Waals surface area contributed by atoms with E-state index in [9.17, 15) is 18.4 Å².